The Morgan fingerprint density at radius 1 is 1.62 bits per heavy atom. The molecule has 0 unspecified atom stereocenters. The van der Waals surface area contributed by atoms with E-state index in [2.05, 4.69) is 17.2 Å². The van der Waals surface area contributed by atoms with E-state index < -0.39 is 5.97 Å². The third-order valence-electron chi connectivity index (χ3n) is 1.73. The van der Waals surface area contributed by atoms with Gasteiger partial charge in [-0.2, -0.15) is 0 Å². The van der Waals surface area contributed by atoms with E-state index in [-0.39, 0.29) is 11.9 Å². The van der Waals surface area contributed by atoms with Gasteiger partial charge in [-0.25, -0.2) is 9.59 Å². The largest absolute Gasteiger partial charge is 0.462 e. The van der Waals surface area contributed by atoms with Gasteiger partial charge in [-0.3, -0.25) is 0 Å². The van der Waals surface area contributed by atoms with Crippen molar-refractivity contribution in [3.05, 3.63) is 12.7 Å². The fourth-order valence-corrected chi connectivity index (χ4v) is 0.986. The van der Waals surface area contributed by atoms with Gasteiger partial charge in [0.25, 0.3) is 0 Å². The zero-order valence-electron chi connectivity index (χ0n) is 7.21. The molecule has 0 saturated carbocycles. The number of carbonyl (C=O) groups excluding carboxylic acids is 2. The third-order valence-corrected chi connectivity index (χ3v) is 1.73. The molecule has 0 spiro atoms. The van der Waals surface area contributed by atoms with Crippen molar-refractivity contribution >= 4 is 12.0 Å². The van der Waals surface area contributed by atoms with Crippen LogP contribution in [-0.4, -0.2) is 31.7 Å². The summed E-state index contributed by atoms with van der Waals surface area (Å²) in [5.74, 6) is -0.293. The monoisotopic (exact) mass is 184 g/mol. The lowest BCUT2D eigenvalue weighted by atomic mass is 10.1. The molecule has 0 aromatic rings. The van der Waals surface area contributed by atoms with Crippen LogP contribution in [0.4, 0.5) is 4.79 Å². The second-order valence-electron chi connectivity index (χ2n) is 2.79. The molecule has 0 bridgehead atoms. The fourth-order valence-electron chi connectivity index (χ4n) is 0.986. The highest BCUT2D eigenvalue weighted by Gasteiger charge is 2.17. The summed E-state index contributed by atoms with van der Waals surface area (Å²) in [5.41, 5.74) is 0. The molecule has 0 aromatic carbocycles. The summed E-state index contributed by atoms with van der Waals surface area (Å²) < 4.78 is 4.82. The molecule has 13 heavy (non-hydrogen) atoms. The minimum absolute atomic E-state index is 0.140. The van der Waals surface area contributed by atoms with Gasteiger partial charge in [0.05, 0.1) is 6.61 Å². The van der Waals surface area contributed by atoms with Gasteiger partial charge in [-0.1, -0.05) is 6.58 Å². The Kier molecular flexibility index (Phi) is 3.31. The van der Waals surface area contributed by atoms with E-state index >= 15 is 0 Å². The van der Waals surface area contributed by atoms with E-state index in [4.69, 9.17) is 4.74 Å². The van der Waals surface area contributed by atoms with Crippen molar-refractivity contribution < 1.29 is 14.3 Å². The predicted octanol–water partition coefficient (Wildman–Crippen LogP) is -0.355. The molecule has 1 heterocycles. The van der Waals surface area contributed by atoms with Crippen LogP contribution in [0.3, 0.4) is 0 Å². The molecule has 2 amide bonds. The maximum absolute atomic E-state index is 10.7. The molecule has 1 aliphatic rings. The standard InChI is InChI=1S/C8H12N2O3/c1-2-7(11)13-5-6-3-9-8(12)10-4-6/h2,6H,1,3-5H2,(H2,9,10,12). The number of carbonyl (C=O) groups is 2. The molecule has 0 aliphatic carbocycles. The number of ether oxygens (including phenoxy) is 1. The average molecular weight is 184 g/mol. The van der Waals surface area contributed by atoms with Gasteiger partial charge in [0.15, 0.2) is 0 Å². The Bertz CT molecular complexity index is 217. The van der Waals surface area contributed by atoms with Crippen LogP contribution in [0.25, 0.3) is 0 Å². The van der Waals surface area contributed by atoms with Gasteiger partial charge in [-0.15, -0.1) is 0 Å². The number of hydrogen-bond donors (Lipinski definition) is 2. The zero-order chi connectivity index (χ0) is 9.68. The summed E-state index contributed by atoms with van der Waals surface area (Å²) in [5, 5.41) is 5.21. The first-order chi connectivity index (χ1) is 6.22. The topological polar surface area (TPSA) is 67.4 Å². The molecule has 2 N–H and O–H groups in total. The maximum Gasteiger partial charge on any atom is 0.330 e. The molecule has 0 radical (unpaired) electrons. The van der Waals surface area contributed by atoms with E-state index in [1.165, 1.54) is 0 Å². The predicted molar refractivity (Wildman–Crippen MR) is 46.0 cm³/mol. The molecular weight excluding hydrogens is 172 g/mol. The van der Waals surface area contributed by atoms with E-state index in [0.29, 0.717) is 19.7 Å². The lowest BCUT2D eigenvalue weighted by Crippen LogP contribution is -2.49. The summed E-state index contributed by atoms with van der Waals surface area (Å²) in [6.45, 7) is 4.66. The number of nitrogens with one attached hydrogen (secondary N) is 2. The van der Waals surface area contributed by atoms with Crippen LogP contribution in [-0.2, 0) is 9.53 Å². The van der Waals surface area contributed by atoms with E-state index in [9.17, 15) is 9.59 Å². The average Bonchev–Trinajstić information content (AvgIpc) is 2.16. The van der Waals surface area contributed by atoms with Crippen molar-refractivity contribution in [2.24, 2.45) is 5.92 Å². The fraction of sp³-hybridized carbons (Fsp3) is 0.500. The van der Waals surface area contributed by atoms with E-state index in [1.54, 1.807) is 0 Å². The summed E-state index contributed by atoms with van der Waals surface area (Å²) in [7, 11) is 0. The van der Waals surface area contributed by atoms with E-state index in [1.807, 2.05) is 0 Å². The molecule has 5 nitrogen and oxygen atoms in total. The van der Waals surface area contributed by atoms with Crippen molar-refractivity contribution in [2.75, 3.05) is 19.7 Å². The van der Waals surface area contributed by atoms with Crippen LogP contribution in [0.15, 0.2) is 12.7 Å². The molecule has 0 atom stereocenters. The van der Waals surface area contributed by atoms with Gasteiger partial charge >= 0.3 is 12.0 Å². The Labute approximate surface area is 76.1 Å². The summed E-state index contributed by atoms with van der Waals surface area (Å²) in [4.78, 5) is 21.3. The second-order valence-corrected chi connectivity index (χ2v) is 2.79. The lowest BCUT2D eigenvalue weighted by molar-refractivity contribution is -0.139. The quantitative estimate of drug-likeness (QED) is 0.465. The summed E-state index contributed by atoms with van der Waals surface area (Å²) >= 11 is 0. The lowest BCUT2D eigenvalue weighted by Gasteiger charge is -2.22. The van der Waals surface area contributed by atoms with Gasteiger partial charge in [0.2, 0.25) is 0 Å². The van der Waals surface area contributed by atoms with E-state index in [0.717, 1.165) is 6.08 Å². The highest BCUT2D eigenvalue weighted by Crippen LogP contribution is 1.98. The summed E-state index contributed by atoms with van der Waals surface area (Å²) in [6.07, 6.45) is 1.12. The van der Waals surface area contributed by atoms with Crippen LogP contribution in [0.2, 0.25) is 0 Å². The van der Waals surface area contributed by atoms with Crippen LogP contribution in [0, 0.1) is 5.92 Å². The second kappa shape index (κ2) is 4.49. The molecule has 1 saturated heterocycles. The number of urea groups is 1. The molecule has 1 aliphatic heterocycles. The minimum Gasteiger partial charge on any atom is -0.462 e. The molecule has 0 aromatic heterocycles. The van der Waals surface area contributed by atoms with Crippen molar-refractivity contribution in [3.63, 3.8) is 0 Å². The number of esters is 1. The third kappa shape index (κ3) is 3.14. The minimum atomic E-state index is -0.433. The number of rotatable bonds is 3. The molecule has 72 valence electrons. The van der Waals surface area contributed by atoms with Gasteiger partial charge in [0, 0.05) is 25.1 Å². The van der Waals surface area contributed by atoms with Crippen LogP contribution in [0.1, 0.15) is 0 Å². The normalized spacial score (nSPS) is 17.1. The molecule has 1 rings (SSSR count). The highest BCUT2D eigenvalue weighted by molar-refractivity contribution is 5.81. The molecule has 5 heteroatoms. The van der Waals surface area contributed by atoms with Crippen molar-refractivity contribution in [1.82, 2.24) is 10.6 Å². The Morgan fingerprint density at radius 2 is 2.23 bits per heavy atom. The van der Waals surface area contributed by atoms with Crippen LogP contribution in [0.5, 0.6) is 0 Å². The van der Waals surface area contributed by atoms with Gasteiger partial charge < -0.3 is 15.4 Å². The highest BCUT2D eigenvalue weighted by atomic mass is 16.5. The first-order valence-corrected chi connectivity index (χ1v) is 4.03. The SMILES string of the molecule is C=CC(=O)OCC1CNC(=O)NC1. The number of hydrogen-bond acceptors (Lipinski definition) is 3. The Balaban J connectivity index is 2.19. The van der Waals surface area contributed by atoms with Gasteiger partial charge in [-0.05, 0) is 0 Å². The maximum atomic E-state index is 10.7. The smallest absolute Gasteiger partial charge is 0.330 e. The van der Waals surface area contributed by atoms with Gasteiger partial charge in [0.1, 0.15) is 0 Å². The first-order valence-electron chi connectivity index (χ1n) is 4.03. The Hall–Kier alpha value is -1.52. The number of amides is 2. The zero-order valence-corrected chi connectivity index (χ0v) is 7.21. The van der Waals surface area contributed by atoms with Crippen molar-refractivity contribution in [3.8, 4) is 0 Å². The summed E-state index contributed by atoms with van der Waals surface area (Å²) in [6, 6.07) is -0.175. The molecular formula is C8H12N2O3. The van der Waals surface area contributed by atoms with Crippen LogP contribution >= 0.6 is 0 Å². The first kappa shape index (κ1) is 9.57. The van der Waals surface area contributed by atoms with Crippen molar-refractivity contribution in [1.29, 1.82) is 0 Å². The molecule has 1 fully saturated rings. The van der Waals surface area contributed by atoms with Crippen molar-refractivity contribution in [2.45, 2.75) is 0 Å². The Morgan fingerprint density at radius 3 is 2.77 bits per heavy atom. The van der Waals surface area contributed by atoms with Crippen LogP contribution < -0.4 is 10.6 Å².